The van der Waals surface area contributed by atoms with Crippen LogP contribution in [0.5, 0.6) is 0 Å². The van der Waals surface area contributed by atoms with Crippen molar-refractivity contribution >= 4 is 29.3 Å². The van der Waals surface area contributed by atoms with Crippen molar-refractivity contribution in [2.24, 2.45) is 5.92 Å². The van der Waals surface area contributed by atoms with E-state index in [4.69, 9.17) is 14.4 Å². The van der Waals surface area contributed by atoms with Crippen molar-refractivity contribution in [2.75, 3.05) is 32.1 Å². The number of benzene rings is 3. The van der Waals surface area contributed by atoms with Crippen LogP contribution in [0, 0.1) is 25.6 Å². The van der Waals surface area contributed by atoms with E-state index in [0.29, 0.717) is 87.6 Å². The van der Waals surface area contributed by atoms with Gasteiger partial charge >= 0.3 is 11.4 Å². The Labute approximate surface area is 390 Å². The molecular formula is C50H54F3N8O6P. The number of fused-ring (bicyclic) bond motifs is 2. The molecule has 14 nitrogen and oxygen atoms in total. The zero-order chi connectivity index (χ0) is 48.2. The predicted octanol–water partition coefficient (Wildman–Crippen LogP) is 8.47. The topological polar surface area (TPSA) is 155 Å². The minimum absolute atomic E-state index is 0.105. The molecule has 1 N–H and O–H groups in total. The molecule has 68 heavy (non-hydrogen) atoms. The van der Waals surface area contributed by atoms with Crippen LogP contribution in [0.3, 0.4) is 0 Å². The molecule has 1 aliphatic carbocycles. The van der Waals surface area contributed by atoms with E-state index in [2.05, 4.69) is 10.1 Å². The Hall–Kier alpha value is -6.19. The summed E-state index contributed by atoms with van der Waals surface area (Å²) < 4.78 is 76.3. The number of carbonyl (C=O) groups is 1. The lowest BCUT2D eigenvalue weighted by Gasteiger charge is -2.34. The summed E-state index contributed by atoms with van der Waals surface area (Å²) >= 11 is 0. The van der Waals surface area contributed by atoms with E-state index in [1.807, 2.05) is 57.4 Å². The maximum Gasteiger partial charge on any atom is 0.438 e. The van der Waals surface area contributed by atoms with E-state index in [0.717, 1.165) is 10.9 Å². The molecule has 10 rings (SSSR count). The van der Waals surface area contributed by atoms with Crippen LogP contribution in [-0.2, 0) is 27.7 Å². The van der Waals surface area contributed by atoms with E-state index < -0.39 is 48.6 Å². The van der Waals surface area contributed by atoms with Gasteiger partial charge in [0.25, 0.3) is 11.8 Å². The molecule has 6 heterocycles. The van der Waals surface area contributed by atoms with Crippen molar-refractivity contribution in [1.29, 1.82) is 0 Å². The van der Waals surface area contributed by atoms with Gasteiger partial charge in [-0.2, -0.15) is 5.10 Å². The van der Waals surface area contributed by atoms with E-state index >= 15 is 18.0 Å². The highest BCUT2D eigenvalue weighted by atomic mass is 31.2. The SMILES string of the molecule is CCc1cc(-n2ccn(-c3c4c(nn3-c3cc(C)c(F)c(C)c3)CCN(C(=O)c3cc5cc(C6CCOCC6(F)F)ccc5n3[C@@]3(c5noc(=O)[nH]5)C[C@@H]3C)[C@H]4C)c2=O)ccc1P(=O)(CC)CC. The molecule has 3 aliphatic rings. The number of alkyl halides is 2. The van der Waals surface area contributed by atoms with Crippen LogP contribution in [0.1, 0.15) is 109 Å². The zero-order valence-electron chi connectivity index (χ0n) is 39.1. The number of nitrogens with one attached hydrogen (secondary N) is 1. The van der Waals surface area contributed by atoms with Crippen LogP contribution < -0.4 is 16.8 Å². The Morgan fingerprint density at radius 1 is 0.956 bits per heavy atom. The summed E-state index contributed by atoms with van der Waals surface area (Å²) in [6.45, 7) is 12.8. The number of aromatic nitrogens is 7. The van der Waals surface area contributed by atoms with Crippen molar-refractivity contribution in [3.8, 4) is 17.2 Å². The molecule has 1 saturated heterocycles. The molecule has 4 aromatic heterocycles. The number of aryl methyl sites for hydroxylation is 3. The Balaban J connectivity index is 1.12. The van der Waals surface area contributed by atoms with Crippen LogP contribution in [0.15, 0.2) is 81.1 Å². The molecule has 1 saturated carbocycles. The highest BCUT2D eigenvalue weighted by Crippen LogP contribution is 2.56. The minimum atomic E-state index is -3.09. The number of imidazole rings is 1. The molecule has 2 aliphatic heterocycles. The lowest BCUT2D eigenvalue weighted by Crippen LogP contribution is -2.41. The van der Waals surface area contributed by atoms with Crippen LogP contribution in [-0.4, -0.2) is 82.4 Å². The van der Waals surface area contributed by atoms with Crippen LogP contribution in [0.25, 0.3) is 28.1 Å². The Kier molecular flexibility index (Phi) is 11.1. The van der Waals surface area contributed by atoms with Crippen molar-refractivity contribution in [1.82, 2.24) is 38.5 Å². The molecule has 1 amide bonds. The van der Waals surface area contributed by atoms with Gasteiger partial charge in [0.2, 0.25) is 0 Å². The first-order chi connectivity index (χ1) is 32.5. The summed E-state index contributed by atoms with van der Waals surface area (Å²) in [4.78, 5) is 47.2. The third-order valence-corrected chi connectivity index (χ3v) is 18.2. The number of H-pyrrole nitrogens is 1. The summed E-state index contributed by atoms with van der Waals surface area (Å²) in [7, 11) is -2.62. The average molecular weight is 951 g/mol. The van der Waals surface area contributed by atoms with Crippen molar-refractivity contribution in [2.45, 2.75) is 97.6 Å². The monoisotopic (exact) mass is 950 g/mol. The quantitative estimate of drug-likeness (QED) is 0.127. The number of amides is 1. The van der Waals surface area contributed by atoms with Gasteiger partial charge < -0.3 is 18.8 Å². The van der Waals surface area contributed by atoms with Gasteiger partial charge in [-0.25, -0.2) is 27.4 Å². The second kappa shape index (κ2) is 16.5. The van der Waals surface area contributed by atoms with Crippen LogP contribution in [0.4, 0.5) is 13.2 Å². The van der Waals surface area contributed by atoms with Crippen molar-refractivity contribution in [3.05, 3.63) is 139 Å². The molecule has 7 aromatic rings. The van der Waals surface area contributed by atoms with Crippen molar-refractivity contribution < 1.29 is 31.8 Å². The molecule has 0 bridgehead atoms. The highest BCUT2D eigenvalue weighted by molar-refractivity contribution is 7.71. The van der Waals surface area contributed by atoms with Crippen LogP contribution >= 0.6 is 7.14 Å². The molecule has 0 spiro atoms. The van der Waals surface area contributed by atoms with E-state index in [9.17, 15) is 14.2 Å². The molecule has 0 radical (unpaired) electrons. The normalized spacial score (nSPS) is 21.4. The highest BCUT2D eigenvalue weighted by Gasteiger charge is 2.59. The molecular weight excluding hydrogens is 897 g/mol. The molecule has 1 unspecified atom stereocenters. The van der Waals surface area contributed by atoms with E-state index in [1.54, 1.807) is 72.2 Å². The van der Waals surface area contributed by atoms with Gasteiger partial charge in [0.05, 0.1) is 29.0 Å². The van der Waals surface area contributed by atoms with E-state index in [1.165, 1.54) is 9.13 Å². The smallest absolute Gasteiger partial charge is 0.375 e. The lowest BCUT2D eigenvalue weighted by atomic mass is 9.88. The zero-order valence-corrected chi connectivity index (χ0v) is 40.0. The fourth-order valence-electron chi connectivity index (χ4n) is 11.0. The summed E-state index contributed by atoms with van der Waals surface area (Å²) in [6.07, 6.45) is 5.95. The first-order valence-electron chi connectivity index (χ1n) is 23.4. The standard InChI is InChI=1S/C50H54F3N8O6P/c1-8-32-24-35(12-14-41(32)68(65,9-2)10-3)58-18-19-59(48(58)64)44-42-31(7)57(17-15-38(42)55-61(44)36-21-28(4)43(51)29(5)22-36)45(62)40-25-34-23-33(37-16-20-66-27-50(37,52)53)11-13-39(34)60(40)49(26-30(49)6)46-54-47(63)67-56-46/h11-14,18-19,21-25,30-31,37H,8-10,15-17,20,26-27H2,1-7H3,(H,54,56,63)/t30-,31-,37?,49-/m0/s1. The molecule has 3 aromatic carbocycles. The predicted molar refractivity (Wildman–Crippen MR) is 252 cm³/mol. The Morgan fingerprint density at radius 3 is 2.32 bits per heavy atom. The average Bonchev–Trinajstić information content (AvgIpc) is 3.82. The second-order valence-corrected chi connectivity index (χ2v) is 22.3. The first-order valence-corrected chi connectivity index (χ1v) is 25.4. The van der Waals surface area contributed by atoms with Gasteiger partial charge in [0.15, 0.2) is 5.82 Å². The number of carbonyl (C=O) groups excluding carboxylic acids is 1. The van der Waals surface area contributed by atoms with Gasteiger partial charge in [-0.15, -0.1) is 0 Å². The first kappa shape index (κ1) is 45.6. The van der Waals surface area contributed by atoms with Gasteiger partial charge in [0.1, 0.15) is 36.6 Å². The van der Waals surface area contributed by atoms with Crippen LogP contribution in [0.2, 0.25) is 0 Å². The fraction of sp³-hybridized carbons (Fsp3) is 0.420. The van der Waals surface area contributed by atoms with Gasteiger partial charge in [0, 0.05) is 66.1 Å². The maximum atomic E-state index is 15.5. The number of rotatable bonds is 11. The molecule has 18 heteroatoms. The van der Waals surface area contributed by atoms with Gasteiger partial charge in [-0.3, -0.25) is 23.4 Å². The summed E-state index contributed by atoms with van der Waals surface area (Å²) in [5.41, 5.74) is 3.96. The molecule has 4 atom stereocenters. The lowest BCUT2D eigenvalue weighted by molar-refractivity contribution is -0.130. The minimum Gasteiger partial charge on any atom is -0.375 e. The van der Waals surface area contributed by atoms with Gasteiger partial charge in [-0.05, 0) is 117 Å². The van der Waals surface area contributed by atoms with Crippen molar-refractivity contribution in [3.63, 3.8) is 0 Å². The summed E-state index contributed by atoms with van der Waals surface area (Å²) in [5.74, 6) is -5.12. The third-order valence-electron chi connectivity index (χ3n) is 14.9. The fourth-order valence-corrected chi connectivity index (χ4v) is 13.2. The largest absolute Gasteiger partial charge is 0.438 e. The Morgan fingerprint density at radius 2 is 1.68 bits per heavy atom. The number of nitrogens with zero attached hydrogens (tertiary/aromatic N) is 7. The maximum absolute atomic E-state index is 15.5. The third kappa shape index (κ3) is 7.01. The number of halogens is 3. The number of ether oxygens (including phenoxy) is 1. The van der Waals surface area contributed by atoms with E-state index in [-0.39, 0.29) is 48.7 Å². The number of aromatic amines is 1. The van der Waals surface area contributed by atoms with Gasteiger partial charge in [-0.1, -0.05) is 38.9 Å². The summed E-state index contributed by atoms with van der Waals surface area (Å²) in [6, 6.07) is 15.2. The number of hydrogen-bond donors (Lipinski definition) is 1. The Bertz CT molecular complexity index is 3310. The number of hydrogen-bond acceptors (Lipinski definition) is 8. The second-order valence-electron chi connectivity index (χ2n) is 18.7. The molecule has 2 fully saturated rings. The summed E-state index contributed by atoms with van der Waals surface area (Å²) in [5, 5.41) is 10.6. The molecule has 356 valence electrons.